The van der Waals surface area contributed by atoms with Crippen LogP contribution in [0.25, 0.3) is 0 Å². The van der Waals surface area contributed by atoms with Crippen LogP contribution in [0, 0.1) is 13.8 Å². The molecular weight excluding hydrogens is 322 g/mol. The Bertz CT molecular complexity index is 839. The quantitative estimate of drug-likeness (QED) is 0.665. The van der Waals surface area contributed by atoms with Crippen LogP contribution < -0.4 is 5.32 Å². The maximum absolute atomic E-state index is 12.3. The van der Waals surface area contributed by atoms with E-state index in [9.17, 15) is 14.4 Å². The van der Waals surface area contributed by atoms with Gasteiger partial charge >= 0.3 is 5.97 Å². The van der Waals surface area contributed by atoms with E-state index in [1.54, 1.807) is 49.8 Å². The van der Waals surface area contributed by atoms with Gasteiger partial charge in [-0.2, -0.15) is 5.10 Å². The number of ketones is 1. The third-order valence-corrected chi connectivity index (χ3v) is 3.93. The van der Waals surface area contributed by atoms with Gasteiger partial charge in [0.25, 0.3) is 5.91 Å². The zero-order chi connectivity index (χ0) is 18.7. The lowest BCUT2D eigenvalue weighted by molar-refractivity contribution is -0.123. The molecule has 0 aliphatic carbocycles. The lowest BCUT2D eigenvalue weighted by atomic mass is 10.1. The summed E-state index contributed by atoms with van der Waals surface area (Å²) in [4.78, 5) is 36.3. The number of ether oxygens (including phenoxy) is 1. The first-order chi connectivity index (χ1) is 11.7. The Morgan fingerprint density at radius 1 is 1.20 bits per heavy atom. The highest BCUT2D eigenvalue weighted by Gasteiger charge is 2.24. The van der Waals surface area contributed by atoms with E-state index in [2.05, 4.69) is 10.4 Å². The predicted molar refractivity (Wildman–Crippen MR) is 92.6 cm³/mol. The monoisotopic (exact) mass is 343 g/mol. The molecule has 7 heteroatoms. The second-order valence-corrected chi connectivity index (χ2v) is 5.81. The van der Waals surface area contributed by atoms with Gasteiger partial charge in [-0.1, -0.05) is 12.1 Å². The van der Waals surface area contributed by atoms with Crippen molar-refractivity contribution >= 4 is 23.3 Å². The molecule has 25 heavy (non-hydrogen) atoms. The number of nitrogens with one attached hydrogen (secondary N) is 1. The minimum absolute atomic E-state index is 0.165. The second kappa shape index (κ2) is 7.29. The number of rotatable bonds is 5. The van der Waals surface area contributed by atoms with E-state index in [0.29, 0.717) is 28.2 Å². The number of nitrogens with zero attached hydrogens (tertiary/aromatic N) is 2. The maximum Gasteiger partial charge on any atom is 0.342 e. The van der Waals surface area contributed by atoms with Gasteiger partial charge in [0.1, 0.15) is 5.56 Å². The number of anilines is 1. The van der Waals surface area contributed by atoms with Gasteiger partial charge in [0.15, 0.2) is 11.9 Å². The number of para-hydroxylation sites is 1. The molecule has 0 unspecified atom stereocenters. The number of carbonyl (C=O) groups is 3. The first kappa shape index (κ1) is 18.4. The molecule has 1 N–H and O–H groups in total. The Morgan fingerprint density at radius 3 is 2.40 bits per heavy atom. The summed E-state index contributed by atoms with van der Waals surface area (Å²) < 4.78 is 6.84. The smallest absolute Gasteiger partial charge is 0.342 e. The van der Waals surface area contributed by atoms with Crippen LogP contribution in [0.4, 0.5) is 5.69 Å². The molecule has 0 bridgehead atoms. The molecule has 1 aromatic heterocycles. The van der Waals surface area contributed by atoms with Gasteiger partial charge < -0.3 is 10.1 Å². The topological polar surface area (TPSA) is 90.3 Å². The Labute approximate surface area is 146 Å². The molecule has 0 radical (unpaired) electrons. The summed E-state index contributed by atoms with van der Waals surface area (Å²) in [6, 6.07) is 6.67. The van der Waals surface area contributed by atoms with Crippen LogP contribution in [-0.4, -0.2) is 33.5 Å². The molecule has 7 nitrogen and oxygen atoms in total. The molecule has 0 fully saturated rings. The van der Waals surface area contributed by atoms with Crippen molar-refractivity contribution in [3.8, 4) is 0 Å². The minimum Gasteiger partial charge on any atom is -0.449 e. The highest BCUT2D eigenvalue weighted by atomic mass is 16.5. The molecule has 2 aromatic rings. The van der Waals surface area contributed by atoms with Crippen LogP contribution in [0.5, 0.6) is 0 Å². The van der Waals surface area contributed by atoms with Gasteiger partial charge in [0.2, 0.25) is 0 Å². The highest BCUT2D eigenvalue weighted by Crippen LogP contribution is 2.17. The molecule has 1 atom stereocenters. The average molecular weight is 343 g/mol. The Morgan fingerprint density at radius 2 is 1.84 bits per heavy atom. The van der Waals surface area contributed by atoms with Crippen molar-refractivity contribution in [2.45, 2.75) is 33.8 Å². The number of benzene rings is 1. The van der Waals surface area contributed by atoms with Crippen molar-refractivity contribution in [2.24, 2.45) is 7.05 Å². The van der Waals surface area contributed by atoms with Crippen LogP contribution in [0.2, 0.25) is 0 Å². The lowest BCUT2D eigenvalue weighted by Gasteiger charge is -2.15. The van der Waals surface area contributed by atoms with E-state index in [0.717, 1.165) is 0 Å². The van der Waals surface area contributed by atoms with Crippen molar-refractivity contribution in [2.75, 3.05) is 5.32 Å². The number of aryl methyl sites for hydroxylation is 2. The van der Waals surface area contributed by atoms with Crippen molar-refractivity contribution in [1.29, 1.82) is 0 Å². The van der Waals surface area contributed by atoms with E-state index in [1.165, 1.54) is 13.8 Å². The van der Waals surface area contributed by atoms with Crippen LogP contribution in [-0.2, 0) is 16.6 Å². The fraction of sp³-hybridized carbons (Fsp3) is 0.333. The van der Waals surface area contributed by atoms with Crippen LogP contribution in [0.1, 0.15) is 46.0 Å². The van der Waals surface area contributed by atoms with E-state index < -0.39 is 18.0 Å². The summed E-state index contributed by atoms with van der Waals surface area (Å²) >= 11 is 0. The zero-order valence-corrected chi connectivity index (χ0v) is 14.9. The lowest BCUT2D eigenvalue weighted by Crippen LogP contribution is -2.30. The zero-order valence-electron chi connectivity index (χ0n) is 14.9. The van der Waals surface area contributed by atoms with Gasteiger partial charge in [-0.15, -0.1) is 0 Å². The SMILES string of the molecule is CC(=O)c1ccccc1NC(=O)[C@H](C)OC(=O)c1c(C)nn(C)c1C. The third kappa shape index (κ3) is 3.93. The third-order valence-electron chi connectivity index (χ3n) is 3.93. The fourth-order valence-electron chi connectivity index (χ4n) is 2.48. The molecule has 1 aromatic carbocycles. The number of hydrogen-bond acceptors (Lipinski definition) is 5. The number of esters is 1. The van der Waals surface area contributed by atoms with Crippen LogP contribution >= 0.6 is 0 Å². The number of amides is 1. The van der Waals surface area contributed by atoms with Gasteiger partial charge in [-0.25, -0.2) is 4.79 Å². The number of hydrogen-bond donors (Lipinski definition) is 1. The second-order valence-electron chi connectivity index (χ2n) is 5.81. The molecule has 132 valence electrons. The average Bonchev–Trinajstić information content (AvgIpc) is 2.80. The first-order valence-corrected chi connectivity index (χ1v) is 7.84. The Kier molecular flexibility index (Phi) is 5.36. The molecular formula is C18H21N3O4. The fourth-order valence-corrected chi connectivity index (χ4v) is 2.48. The summed E-state index contributed by atoms with van der Waals surface area (Å²) in [6.45, 7) is 6.36. The van der Waals surface area contributed by atoms with E-state index in [1.807, 2.05) is 0 Å². The van der Waals surface area contributed by atoms with Gasteiger partial charge in [0.05, 0.1) is 11.4 Å². The van der Waals surface area contributed by atoms with E-state index in [-0.39, 0.29) is 5.78 Å². The van der Waals surface area contributed by atoms with Crippen LogP contribution in [0.15, 0.2) is 24.3 Å². The molecule has 2 rings (SSSR count). The molecule has 0 saturated heterocycles. The largest absolute Gasteiger partial charge is 0.449 e. The Balaban J connectivity index is 2.11. The first-order valence-electron chi connectivity index (χ1n) is 7.84. The van der Waals surface area contributed by atoms with Crippen molar-refractivity contribution in [3.63, 3.8) is 0 Å². The normalized spacial score (nSPS) is 11.7. The molecule has 0 aliphatic rings. The van der Waals surface area contributed by atoms with Crippen molar-refractivity contribution < 1.29 is 19.1 Å². The van der Waals surface area contributed by atoms with Crippen LogP contribution in [0.3, 0.4) is 0 Å². The number of carbonyl (C=O) groups excluding carboxylic acids is 3. The highest BCUT2D eigenvalue weighted by molar-refractivity contribution is 6.05. The summed E-state index contributed by atoms with van der Waals surface area (Å²) in [5.41, 5.74) is 2.34. The summed E-state index contributed by atoms with van der Waals surface area (Å²) in [5.74, 6) is -1.28. The van der Waals surface area contributed by atoms with Gasteiger partial charge in [-0.3, -0.25) is 14.3 Å². The van der Waals surface area contributed by atoms with Gasteiger partial charge in [0, 0.05) is 18.3 Å². The molecule has 1 heterocycles. The molecule has 0 saturated carbocycles. The number of Topliss-reactive ketones (excluding diaryl/α,β-unsaturated/α-hetero) is 1. The van der Waals surface area contributed by atoms with E-state index >= 15 is 0 Å². The maximum atomic E-state index is 12.3. The molecule has 0 aliphatic heterocycles. The van der Waals surface area contributed by atoms with Gasteiger partial charge in [-0.05, 0) is 39.8 Å². The van der Waals surface area contributed by atoms with Crippen molar-refractivity contribution in [1.82, 2.24) is 9.78 Å². The molecule has 0 spiro atoms. The number of aromatic nitrogens is 2. The Hall–Kier alpha value is -2.96. The van der Waals surface area contributed by atoms with Crippen molar-refractivity contribution in [3.05, 3.63) is 46.8 Å². The van der Waals surface area contributed by atoms with E-state index in [4.69, 9.17) is 4.74 Å². The summed E-state index contributed by atoms with van der Waals surface area (Å²) in [5, 5.41) is 6.79. The predicted octanol–water partition coefficient (Wildman–Crippen LogP) is 2.42. The summed E-state index contributed by atoms with van der Waals surface area (Å²) in [6.07, 6.45) is -1.02. The minimum atomic E-state index is -1.02. The molecule has 1 amide bonds. The summed E-state index contributed by atoms with van der Waals surface area (Å²) in [7, 11) is 1.73. The standard InChI is InChI=1S/C18H21N3O4/c1-10-16(11(2)21(5)20-10)18(24)25-13(4)17(23)19-15-9-7-6-8-14(15)12(3)22/h6-9,13H,1-5H3,(H,19,23)/t13-/m0/s1.